The monoisotopic (exact) mass is 286 g/mol. The molecule has 0 aromatic carbocycles. The normalized spacial score (nSPS) is 28.0. The Kier molecular flexibility index (Phi) is 3.57. The fourth-order valence-electron chi connectivity index (χ4n) is 3.24. The molecule has 1 aromatic rings. The quantitative estimate of drug-likeness (QED) is 0.795. The van der Waals surface area contributed by atoms with Crippen LogP contribution >= 0.6 is 23.2 Å². The van der Waals surface area contributed by atoms with Gasteiger partial charge in [0.25, 0.3) is 0 Å². The van der Waals surface area contributed by atoms with E-state index in [9.17, 15) is 0 Å². The maximum absolute atomic E-state index is 5.83. The third-order valence-electron chi connectivity index (χ3n) is 4.14. The lowest BCUT2D eigenvalue weighted by Gasteiger charge is -2.41. The van der Waals surface area contributed by atoms with Crippen LogP contribution in [-0.4, -0.2) is 28.0 Å². The van der Waals surface area contributed by atoms with Gasteiger partial charge in [-0.05, 0) is 47.9 Å². The van der Waals surface area contributed by atoms with Crippen molar-refractivity contribution in [3.05, 3.63) is 10.6 Å². The molecule has 98 valence electrons. The van der Waals surface area contributed by atoms with Crippen LogP contribution in [0.15, 0.2) is 0 Å². The summed E-state index contributed by atoms with van der Waals surface area (Å²) in [6.07, 6.45) is 6.69. The van der Waals surface area contributed by atoms with E-state index >= 15 is 0 Å². The second kappa shape index (κ2) is 5.17. The summed E-state index contributed by atoms with van der Waals surface area (Å²) >= 11 is 11.7. The van der Waals surface area contributed by atoms with Gasteiger partial charge in [0.1, 0.15) is 0 Å². The van der Waals surface area contributed by atoms with Gasteiger partial charge in [-0.2, -0.15) is 15.0 Å². The smallest absolute Gasteiger partial charge is 0.230 e. The lowest BCUT2D eigenvalue weighted by atomic mass is 9.75. The van der Waals surface area contributed by atoms with E-state index in [0.717, 1.165) is 24.9 Å². The molecule has 0 N–H and O–H groups in total. The first kappa shape index (κ1) is 12.4. The van der Waals surface area contributed by atoms with Gasteiger partial charge >= 0.3 is 0 Å². The summed E-state index contributed by atoms with van der Waals surface area (Å²) in [6, 6.07) is 0. The highest BCUT2D eigenvalue weighted by Crippen LogP contribution is 2.36. The Bertz CT molecular complexity index is 420. The minimum Gasteiger partial charge on any atom is -0.340 e. The number of nitrogens with zero attached hydrogens (tertiary/aromatic N) is 4. The molecule has 18 heavy (non-hydrogen) atoms. The lowest BCUT2D eigenvalue weighted by molar-refractivity contribution is 0.201. The Morgan fingerprint density at radius 3 is 2.28 bits per heavy atom. The fourth-order valence-corrected chi connectivity index (χ4v) is 3.59. The van der Waals surface area contributed by atoms with Crippen molar-refractivity contribution in [3.8, 4) is 0 Å². The first-order valence-corrected chi connectivity index (χ1v) is 7.30. The molecule has 2 aliphatic rings. The van der Waals surface area contributed by atoms with Crippen molar-refractivity contribution in [2.45, 2.75) is 32.1 Å². The van der Waals surface area contributed by atoms with E-state index < -0.39 is 0 Å². The van der Waals surface area contributed by atoms with Gasteiger partial charge in [0.2, 0.25) is 16.5 Å². The molecule has 4 nitrogen and oxygen atoms in total. The Labute approximate surface area is 117 Å². The van der Waals surface area contributed by atoms with E-state index in [4.69, 9.17) is 23.2 Å². The Hall–Kier alpha value is -0.610. The molecule has 2 atom stereocenters. The number of piperidine rings is 1. The van der Waals surface area contributed by atoms with Gasteiger partial charge in [-0.15, -0.1) is 0 Å². The lowest BCUT2D eigenvalue weighted by Crippen LogP contribution is -2.42. The zero-order valence-corrected chi connectivity index (χ0v) is 11.7. The molecular weight excluding hydrogens is 271 g/mol. The van der Waals surface area contributed by atoms with E-state index in [1.165, 1.54) is 32.1 Å². The van der Waals surface area contributed by atoms with E-state index in [0.29, 0.717) is 5.95 Å². The Morgan fingerprint density at radius 2 is 1.56 bits per heavy atom. The zero-order valence-electron chi connectivity index (χ0n) is 10.1. The van der Waals surface area contributed by atoms with Crippen molar-refractivity contribution in [1.82, 2.24) is 15.0 Å². The van der Waals surface area contributed by atoms with Crippen LogP contribution in [0.1, 0.15) is 32.1 Å². The number of hydrogen-bond acceptors (Lipinski definition) is 4. The van der Waals surface area contributed by atoms with Gasteiger partial charge in [-0.1, -0.05) is 19.3 Å². The van der Waals surface area contributed by atoms with Gasteiger partial charge in [0, 0.05) is 13.1 Å². The second-order valence-corrected chi connectivity index (χ2v) is 5.89. The molecule has 2 unspecified atom stereocenters. The molecular formula is C12H16Cl2N4. The topological polar surface area (TPSA) is 41.9 Å². The molecule has 0 radical (unpaired) electrons. The summed E-state index contributed by atoms with van der Waals surface area (Å²) in [4.78, 5) is 14.4. The third-order valence-corrected chi connectivity index (χ3v) is 4.48. The molecule has 0 spiro atoms. The largest absolute Gasteiger partial charge is 0.340 e. The number of rotatable bonds is 1. The van der Waals surface area contributed by atoms with Crippen LogP contribution in [0.5, 0.6) is 0 Å². The van der Waals surface area contributed by atoms with Gasteiger partial charge in [-0.25, -0.2) is 0 Å². The van der Waals surface area contributed by atoms with Crippen molar-refractivity contribution >= 4 is 29.2 Å². The first-order chi connectivity index (χ1) is 8.72. The molecule has 3 rings (SSSR count). The molecule has 2 fully saturated rings. The van der Waals surface area contributed by atoms with E-state index in [1.54, 1.807) is 0 Å². The number of fused-ring (bicyclic) bond motifs is 1. The van der Waals surface area contributed by atoms with Crippen molar-refractivity contribution < 1.29 is 0 Å². The molecule has 0 amide bonds. The average molecular weight is 287 g/mol. The summed E-state index contributed by atoms with van der Waals surface area (Å²) in [5.74, 6) is 2.30. The summed E-state index contributed by atoms with van der Waals surface area (Å²) in [7, 11) is 0. The molecule has 1 aliphatic heterocycles. The van der Waals surface area contributed by atoms with Gasteiger partial charge in [0.05, 0.1) is 0 Å². The molecule has 1 aromatic heterocycles. The number of aromatic nitrogens is 3. The van der Waals surface area contributed by atoms with Gasteiger partial charge in [0.15, 0.2) is 0 Å². The van der Waals surface area contributed by atoms with E-state index in [2.05, 4.69) is 19.9 Å². The maximum Gasteiger partial charge on any atom is 0.230 e. The van der Waals surface area contributed by atoms with Crippen molar-refractivity contribution in [3.63, 3.8) is 0 Å². The highest BCUT2D eigenvalue weighted by molar-refractivity contribution is 6.31. The SMILES string of the molecule is Clc1nc(Cl)nc(N2CCC3CCCCC3C2)n1. The highest BCUT2D eigenvalue weighted by atomic mass is 35.5. The van der Waals surface area contributed by atoms with Crippen molar-refractivity contribution in [2.24, 2.45) is 11.8 Å². The minimum absolute atomic E-state index is 0.177. The summed E-state index contributed by atoms with van der Waals surface area (Å²) < 4.78 is 0. The van der Waals surface area contributed by atoms with E-state index in [-0.39, 0.29) is 10.6 Å². The highest BCUT2D eigenvalue weighted by Gasteiger charge is 2.32. The van der Waals surface area contributed by atoms with Crippen LogP contribution in [0.4, 0.5) is 5.95 Å². The summed E-state index contributed by atoms with van der Waals surface area (Å²) in [5, 5.41) is 0.353. The number of halogens is 2. The number of anilines is 1. The predicted molar refractivity (Wildman–Crippen MR) is 72.1 cm³/mol. The summed E-state index contributed by atoms with van der Waals surface area (Å²) in [6.45, 7) is 2.03. The minimum atomic E-state index is 0.177. The van der Waals surface area contributed by atoms with Crippen LogP contribution in [0.2, 0.25) is 10.6 Å². The molecule has 1 saturated carbocycles. The standard InChI is InChI=1S/C12H16Cl2N4/c13-10-15-11(14)17-12(16-10)18-6-5-8-3-1-2-4-9(8)7-18/h8-9H,1-7H2. The third kappa shape index (κ3) is 2.54. The fraction of sp³-hybridized carbons (Fsp3) is 0.750. The predicted octanol–water partition coefficient (Wildman–Crippen LogP) is 3.19. The number of hydrogen-bond donors (Lipinski definition) is 0. The Balaban J connectivity index is 1.76. The second-order valence-electron chi connectivity index (χ2n) is 5.21. The van der Waals surface area contributed by atoms with Crippen LogP contribution in [0.25, 0.3) is 0 Å². The summed E-state index contributed by atoms with van der Waals surface area (Å²) in [5.41, 5.74) is 0. The van der Waals surface area contributed by atoms with Crippen molar-refractivity contribution in [2.75, 3.05) is 18.0 Å². The first-order valence-electron chi connectivity index (χ1n) is 6.54. The van der Waals surface area contributed by atoms with E-state index in [1.807, 2.05) is 0 Å². The van der Waals surface area contributed by atoms with Crippen LogP contribution in [0.3, 0.4) is 0 Å². The molecule has 1 aliphatic carbocycles. The van der Waals surface area contributed by atoms with Crippen molar-refractivity contribution in [1.29, 1.82) is 0 Å². The average Bonchev–Trinajstić information content (AvgIpc) is 2.37. The zero-order chi connectivity index (χ0) is 12.5. The molecule has 0 bridgehead atoms. The molecule has 2 heterocycles. The maximum atomic E-state index is 5.83. The van der Waals surface area contributed by atoms with Crippen LogP contribution in [0, 0.1) is 11.8 Å². The van der Waals surface area contributed by atoms with Gasteiger partial charge < -0.3 is 4.90 Å². The van der Waals surface area contributed by atoms with Gasteiger partial charge in [-0.3, -0.25) is 0 Å². The molecule has 1 saturated heterocycles. The Morgan fingerprint density at radius 1 is 0.889 bits per heavy atom. The van der Waals surface area contributed by atoms with Crippen LogP contribution < -0.4 is 4.90 Å². The molecule has 6 heteroatoms. The van der Waals surface area contributed by atoms with Crippen LogP contribution in [-0.2, 0) is 0 Å².